The summed E-state index contributed by atoms with van der Waals surface area (Å²) in [5.74, 6) is 0.0195. The molecule has 0 unspecified atom stereocenters. The third-order valence-electron chi connectivity index (χ3n) is 3.72. The first-order valence-electron chi connectivity index (χ1n) is 7.54. The van der Waals surface area contributed by atoms with Crippen LogP contribution in [-0.2, 0) is 4.74 Å². The number of benzene rings is 1. The maximum atomic E-state index is 12.5. The number of morpholine rings is 1. The number of amides is 2. The molecule has 8 heteroatoms. The van der Waals surface area contributed by atoms with E-state index in [4.69, 9.17) is 4.74 Å². The normalized spacial score (nSPS) is 18.0. The van der Waals surface area contributed by atoms with Gasteiger partial charge in [0, 0.05) is 24.7 Å². The van der Waals surface area contributed by atoms with E-state index in [2.05, 4.69) is 15.0 Å². The van der Waals surface area contributed by atoms with Crippen LogP contribution in [0.1, 0.15) is 6.92 Å². The first-order chi connectivity index (χ1) is 11.5. The van der Waals surface area contributed by atoms with Gasteiger partial charge in [0.05, 0.1) is 23.9 Å². The van der Waals surface area contributed by atoms with Crippen LogP contribution in [0, 0.1) is 0 Å². The highest BCUT2D eigenvalue weighted by Crippen LogP contribution is 2.31. The topological polar surface area (TPSA) is 63.7 Å². The highest BCUT2D eigenvalue weighted by atomic mass is 19.3. The number of carbonyl (C=O) groups excluding carboxylic acids is 1. The molecule has 0 saturated carbocycles. The highest BCUT2D eigenvalue weighted by molar-refractivity contribution is 6.01. The predicted molar refractivity (Wildman–Crippen MR) is 84.4 cm³/mol. The molecule has 1 N–H and O–H groups in total. The summed E-state index contributed by atoms with van der Waals surface area (Å²) in [7, 11) is 0. The molecular formula is C16H17F2N3O3. The molecule has 128 valence electrons. The van der Waals surface area contributed by atoms with E-state index in [9.17, 15) is 13.6 Å². The Hall–Kier alpha value is -2.48. The molecule has 2 aromatic rings. The van der Waals surface area contributed by atoms with Crippen molar-refractivity contribution in [2.45, 2.75) is 19.6 Å². The molecule has 1 aliphatic heterocycles. The summed E-state index contributed by atoms with van der Waals surface area (Å²) in [4.78, 5) is 18.2. The molecule has 2 heterocycles. The third kappa shape index (κ3) is 3.53. The minimum absolute atomic E-state index is 0.0195. The predicted octanol–water partition coefficient (Wildman–Crippen LogP) is 3.09. The third-order valence-corrected chi connectivity index (χ3v) is 3.72. The number of urea groups is 1. The Balaban J connectivity index is 1.86. The van der Waals surface area contributed by atoms with Gasteiger partial charge in [0.15, 0.2) is 0 Å². The zero-order chi connectivity index (χ0) is 17.1. The maximum Gasteiger partial charge on any atom is 0.387 e. The van der Waals surface area contributed by atoms with E-state index in [1.54, 1.807) is 17.0 Å². The van der Waals surface area contributed by atoms with Gasteiger partial charge in [0.1, 0.15) is 5.75 Å². The van der Waals surface area contributed by atoms with Crippen molar-refractivity contribution in [2.24, 2.45) is 0 Å². The number of carbonyl (C=O) groups is 1. The van der Waals surface area contributed by atoms with Gasteiger partial charge in [-0.05, 0) is 31.2 Å². The molecule has 24 heavy (non-hydrogen) atoms. The van der Waals surface area contributed by atoms with Crippen molar-refractivity contribution in [1.82, 2.24) is 9.88 Å². The summed E-state index contributed by atoms with van der Waals surface area (Å²) >= 11 is 0. The monoisotopic (exact) mass is 337 g/mol. The number of aromatic nitrogens is 1. The fourth-order valence-corrected chi connectivity index (χ4v) is 2.64. The first-order valence-corrected chi connectivity index (χ1v) is 7.54. The highest BCUT2D eigenvalue weighted by Gasteiger charge is 2.22. The van der Waals surface area contributed by atoms with Crippen LogP contribution in [0.15, 0.2) is 30.5 Å². The number of anilines is 1. The van der Waals surface area contributed by atoms with E-state index in [1.807, 2.05) is 6.92 Å². The second-order valence-corrected chi connectivity index (χ2v) is 5.45. The van der Waals surface area contributed by atoms with Crippen LogP contribution >= 0.6 is 0 Å². The lowest BCUT2D eigenvalue weighted by Gasteiger charge is -2.31. The van der Waals surface area contributed by atoms with Crippen molar-refractivity contribution in [2.75, 3.05) is 25.0 Å². The second kappa shape index (κ2) is 6.96. The van der Waals surface area contributed by atoms with Crippen molar-refractivity contribution in [1.29, 1.82) is 0 Å². The molecule has 1 aliphatic rings. The molecule has 2 amide bonds. The fraction of sp³-hybridized carbons (Fsp3) is 0.375. The molecule has 1 aromatic heterocycles. The van der Waals surface area contributed by atoms with Gasteiger partial charge < -0.3 is 19.7 Å². The minimum atomic E-state index is -2.93. The minimum Gasteiger partial charge on any atom is -0.434 e. The Kier molecular flexibility index (Phi) is 4.75. The molecule has 1 saturated heterocycles. The van der Waals surface area contributed by atoms with Crippen LogP contribution in [-0.4, -0.2) is 48.3 Å². The Morgan fingerprint density at radius 3 is 3.04 bits per heavy atom. The van der Waals surface area contributed by atoms with Crippen LogP contribution in [0.2, 0.25) is 0 Å². The Bertz CT molecular complexity index is 742. The van der Waals surface area contributed by atoms with Gasteiger partial charge in [0.2, 0.25) is 0 Å². The quantitative estimate of drug-likeness (QED) is 0.935. The summed E-state index contributed by atoms with van der Waals surface area (Å²) in [6.45, 7) is 0.433. The van der Waals surface area contributed by atoms with Crippen molar-refractivity contribution in [3.05, 3.63) is 30.5 Å². The largest absolute Gasteiger partial charge is 0.434 e. The Labute approximate surface area is 137 Å². The summed E-state index contributed by atoms with van der Waals surface area (Å²) in [6, 6.07) is 5.87. The number of nitrogens with one attached hydrogen (secondary N) is 1. The summed E-state index contributed by atoms with van der Waals surface area (Å²) in [5.41, 5.74) is 0.835. The number of nitrogens with zero attached hydrogens (tertiary/aromatic N) is 2. The molecule has 0 radical (unpaired) electrons. The number of pyridine rings is 1. The van der Waals surface area contributed by atoms with Gasteiger partial charge in [0.25, 0.3) is 0 Å². The fourth-order valence-electron chi connectivity index (χ4n) is 2.64. The Morgan fingerprint density at radius 1 is 1.46 bits per heavy atom. The molecule has 1 aromatic carbocycles. The number of alkyl halides is 2. The van der Waals surface area contributed by atoms with Crippen LogP contribution < -0.4 is 10.1 Å². The van der Waals surface area contributed by atoms with E-state index in [0.29, 0.717) is 36.3 Å². The number of ether oxygens (including phenoxy) is 2. The molecule has 1 atom stereocenters. The standard InChI is InChI=1S/C16H17F2N3O3/c1-10-9-21(7-8-23-10)16(22)20-12-4-5-13(24-15(17)18)11-3-2-6-19-14(11)12/h2-6,10,15H,7-9H2,1H3,(H,20,22)/t10-/m1/s1. The summed E-state index contributed by atoms with van der Waals surface area (Å²) in [5, 5.41) is 3.19. The van der Waals surface area contributed by atoms with E-state index < -0.39 is 6.61 Å². The number of fused-ring (bicyclic) bond motifs is 1. The van der Waals surface area contributed by atoms with Crippen LogP contribution in [0.4, 0.5) is 19.3 Å². The van der Waals surface area contributed by atoms with Crippen molar-refractivity contribution in [3.63, 3.8) is 0 Å². The van der Waals surface area contributed by atoms with Gasteiger partial charge in [-0.1, -0.05) is 0 Å². The average molecular weight is 337 g/mol. The lowest BCUT2D eigenvalue weighted by Crippen LogP contribution is -2.46. The summed E-state index contributed by atoms with van der Waals surface area (Å²) < 4.78 is 34.9. The van der Waals surface area contributed by atoms with Gasteiger partial charge in [-0.15, -0.1) is 0 Å². The van der Waals surface area contributed by atoms with Gasteiger partial charge in [-0.2, -0.15) is 8.78 Å². The van der Waals surface area contributed by atoms with Gasteiger partial charge in [-0.3, -0.25) is 4.98 Å². The molecular weight excluding hydrogens is 320 g/mol. The SMILES string of the molecule is C[C@@H]1CN(C(=O)Nc2ccc(OC(F)F)c3cccnc23)CCO1. The van der Waals surface area contributed by atoms with Crippen LogP contribution in [0.5, 0.6) is 5.75 Å². The maximum absolute atomic E-state index is 12.5. The molecule has 3 rings (SSSR count). The van der Waals surface area contributed by atoms with Crippen molar-refractivity contribution >= 4 is 22.6 Å². The van der Waals surface area contributed by atoms with E-state index in [-0.39, 0.29) is 17.9 Å². The van der Waals surface area contributed by atoms with Gasteiger partial charge >= 0.3 is 12.6 Å². The zero-order valence-corrected chi connectivity index (χ0v) is 13.0. The van der Waals surface area contributed by atoms with Crippen LogP contribution in [0.3, 0.4) is 0 Å². The number of hydrogen-bond acceptors (Lipinski definition) is 4. The number of hydrogen-bond donors (Lipinski definition) is 1. The first kappa shape index (κ1) is 16.4. The molecule has 0 spiro atoms. The van der Waals surface area contributed by atoms with Crippen molar-refractivity contribution < 1.29 is 23.0 Å². The smallest absolute Gasteiger partial charge is 0.387 e. The molecule has 6 nitrogen and oxygen atoms in total. The number of halogens is 2. The van der Waals surface area contributed by atoms with E-state index in [0.717, 1.165) is 0 Å². The van der Waals surface area contributed by atoms with E-state index >= 15 is 0 Å². The number of rotatable bonds is 3. The zero-order valence-electron chi connectivity index (χ0n) is 13.0. The Morgan fingerprint density at radius 2 is 2.29 bits per heavy atom. The van der Waals surface area contributed by atoms with Gasteiger partial charge in [-0.25, -0.2) is 4.79 Å². The average Bonchev–Trinajstić information content (AvgIpc) is 2.56. The second-order valence-electron chi connectivity index (χ2n) is 5.45. The van der Waals surface area contributed by atoms with Crippen LogP contribution in [0.25, 0.3) is 10.9 Å². The lowest BCUT2D eigenvalue weighted by molar-refractivity contribution is -0.0487. The molecule has 0 aliphatic carbocycles. The molecule has 0 bridgehead atoms. The summed E-state index contributed by atoms with van der Waals surface area (Å²) in [6.07, 6.45) is 1.50. The van der Waals surface area contributed by atoms with E-state index in [1.165, 1.54) is 18.3 Å². The van der Waals surface area contributed by atoms with Crippen molar-refractivity contribution in [3.8, 4) is 5.75 Å². The lowest BCUT2D eigenvalue weighted by atomic mass is 10.1. The molecule has 1 fully saturated rings.